The lowest BCUT2D eigenvalue weighted by molar-refractivity contribution is -0.138. The molecule has 0 bridgehead atoms. The van der Waals surface area contributed by atoms with Crippen LogP contribution in [0.2, 0.25) is 0 Å². The van der Waals surface area contributed by atoms with Gasteiger partial charge in [0.05, 0.1) is 7.11 Å². The summed E-state index contributed by atoms with van der Waals surface area (Å²) < 4.78 is 6.22. The highest BCUT2D eigenvalue weighted by Gasteiger charge is 2.11. The van der Waals surface area contributed by atoms with E-state index in [4.69, 9.17) is 15.6 Å². The molecule has 0 amide bonds. The normalized spacial score (nSPS) is 12.2. The maximum absolute atomic E-state index is 10.6. The second-order valence-electron chi connectivity index (χ2n) is 3.79. The van der Waals surface area contributed by atoms with E-state index in [0.29, 0.717) is 6.42 Å². The topological polar surface area (TPSA) is 72.5 Å². The van der Waals surface area contributed by atoms with Gasteiger partial charge in [-0.25, -0.2) is 0 Å². The van der Waals surface area contributed by atoms with Gasteiger partial charge in [0.15, 0.2) is 0 Å². The van der Waals surface area contributed by atoms with Gasteiger partial charge in [-0.3, -0.25) is 4.79 Å². The van der Waals surface area contributed by atoms with Crippen molar-refractivity contribution in [2.45, 2.75) is 25.3 Å². The number of hydrogen-bond acceptors (Lipinski definition) is 3. The molecule has 5 heteroatoms. The fourth-order valence-corrected chi connectivity index (χ4v) is 1.99. The second kappa shape index (κ2) is 6.61. The van der Waals surface area contributed by atoms with Gasteiger partial charge in [-0.2, -0.15) is 0 Å². The summed E-state index contributed by atoms with van der Waals surface area (Å²) in [5, 5.41) is 8.67. The van der Waals surface area contributed by atoms with Crippen LogP contribution in [0.15, 0.2) is 22.7 Å². The number of methoxy groups -OCH3 is 1. The van der Waals surface area contributed by atoms with E-state index in [1.54, 1.807) is 7.11 Å². The molecule has 1 aromatic carbocycles. The third-order valence-corrected chi connectivity index (χ3v) is 3.01. The van der Waals surface area contributed by atoms with Crippen LogP contribution in [-0.2, 0) is 11.2 Å². The SMILES string of the molecule is COc1ccc(Br)cc1CCCC(N)C(=O)O. The van der Waals surface area contributed by atoms with Gasteiger partial charge < -0.3 is 15.6 Å². The Morgan fingerprint density at radius 2 is 2.29 bits per heavy atom. The minimum Gasteiger partial charge on any atom is -0.496 e. The van der Waals surface area contributed by atoms with Crippen LogP contribution < -0.4 is 10.5 Å². The van der Waals surface area contributed by atoms with Crippen LogP contribution in [0, 0.1) is 0 Å². The molecule has 0 aliphatic rings. The third-order valence-electron chi connectivity index (χ3n) is 2.52. The average Bonchev–Trinajstić information content (AvgIpc) is 2.29. The molecule has 1 atom stereocenters. The van der Waals surface area contributed by atoms with Gasteiger partial charge >= 0.3 is 5.97 Å². The molecule has 1 unspecified atom stereocenters. The monoisotopic (exact) mass is 301 g/mol. The molecule has 17 heavy (non-hydrogen) atoms. The summed E-state index contributed by atoms with van der Waals surface area (Å²) in [6.07, 6.45) is 1.94. The minimum absolute atomic E-state index is 0.463. The molecule has 3 N–H and O–H groups in total. The van der Waals surface area contributed by atoms with E-state index in [1.807, 2.05) is 18.2 Å². The third kappa shape index (κ3) is 4.36. The van der Waals surface area contributed by atoms with Crippen LogP contribution in [0.5, 0.6) is 5.75 Å². The van der Waals surface area contributed by atoms with Gasteiger partial charge in [-0.1, -0.05) is 15.9 Å². The number of hydrogen-bond donors (Lipinski definition) is 2. The fourth-order valence-electron chi connectivity index (χ4n) is 1.58. The number of benzene rings is 1. The molecular formula is C12H16BrNO3. The zero-order chi connectivity index (χ0) is 12.8. The van der Waals surface area contributed by atoms with E-state index in [0.717, 1.165) is 28.6 Å². The second-order valence-corrected chi connectivity index (χ2v) is 4.71. The minimum atomic E-state index is -0.953. The number of aliphatic carboxylic acids is 1. The number of ether oxygens (including phenoxy) is 1. The lowest BCUT2D eigenvalue weighted by atomic mass is 10.0. The summed E-state index contributed by atoms with van der Waals surface area (Å²) in [5.41, 5.74) is 6.50. The largest absolute Gasteiger partial charge is 0.496 e. The maximum Gasteiger partial charge on any atom is 0.320 e. The Labute approximate surface area is 109 Å². The first-order valence-electron chi connectivity index (χ1n) is 5.35. The molecule has 0 radical (unpaired) electrons. The van der Waals surface area contributed by atoms with Gasteiger partial charge in [-0.15, -0.1) is 0 Å². The zero-order valence-corrected chi connectivity index (χ0v) is 11.2. The van der Waals surface area contributed by atoms with Crippen LogP contribution in [0.1, 0.15) is 18.4 Å². The number of carboxylic acids is 1. The summed E-state index contributed by atoms with van der Waals surface area (Å²) in [5.74, 6) is -0.136. The first-order valence-corrected chi connectivity index (χ1v) is 6.14. The Kier molecular flexibility index (Phi) is 5.44. The Morgan fingerprint density at radius 1 is 1.59 bits per heavy atom. The summed E-state index contributed by atoms with van der Waals surface area (Å²) in [6.45, 7) is 0. The predicted molar refractivity (Wildman–Crippen MR) is 69.2 cm³/mol. The standard InChI is InChI=1S/C12H16BrNO3/c1-17-11-6-5-9(13)7-8(11)3-2-4-10(14)12(15)16/h5-7,10H,2-4,14H2,1H3,(H,15,16). The predicted octanol–water partition coefficient (Wildman–Crippen LogP) is 2.19. The average molecular weight is 302 g/mol. The highest BCUT2D eigenvalue weighted by Crippen LogP contribution is 2.24. The Bertz CT molecular complexity index is 395. The molecule has 4 nitrogen and oxygen atoms in total. The van der Waals surface area contributed by atoms with Crippen molar-refractivity contribution >= 4 is 21.9 Å². The fraction of sp³-hybridized carbons (Fsp3) is 0.417. The summed E-state index contributed by atoms with van der Waals surface area (Å²) in [4.78, 5) is 10.6. The number of carboxylic acid groups (broad SMARTS) is 1. The Morgan fingerprint density at radius 3 is 2.88 bits per heavy atom. The molecule has 0 aliphatic heterocycles. The van der Waals surface area contributed by atoms with E-state index in [9.17, 15) is 4.79 Å². The van der Waals surface area contributed by atoms with Crippen molar-refractivity contribution in [2.24, 2.45) is 5.73 Å². The molecule has 0 saturated carbocycles. The van der Waals surface area contributed by atoms with Crippen molar-refractivity contribution in [3.8, 4) is 5.75 Å². The van der Waals surface area contributed by atoms with Gasteiger partial charge in [0.25, 0.3) is 0 Å². The number of aryl methyl sites for hydroxylation is 1. The summed E-state index contributed by atoms with van der Waals surface area (Å²) in [7, 11) is 1.62. The van der Waals surface area contributed by atoms with Crippen LogP contribution >= 0.6 is 15.9 Å². The van der Waals surface area contributed by atoms with Crippen molar-refractivity contribution in [2.75, 3.05) is 7.11 Å². The van der Waals surface area contributed by atoms with Crippen LogP contribution in [-0.4, -0.2) is 24.2 Å². The molecular weight excluding hydrogens is 286 g/mol. The van der Waals surface area contributed by atoms with Crippen molar-refractivity contribution < 1.29 is 14.6 Å². The Hall–Kier alpha value is -1.07. The van der Waals surface area contributed by atoms with Gasteiger partial charge in [0, 0.05) is 4.47 Å². The van der Waals surface area contributed by atoms with E-state index < -0.39 is 12.0 Å². The molecule has 0 aromatic heterocycles. The Balaban J connectivity index is 2.56. The molecule has 0 fully saturated rings. The first-order chi connectivity index (χ1) is 8.04. The summed E-state index contributed by atoms with van der Waals surface area (Å²) in [6, 6.07) is 4.99. The van der Waals surface area contributed by atoms with Gasteiger partial charge in [-0.05, 0) is 43.0 Å². The molecule has 0 heterocycles. The van der Waals surface area contributed by atoms with Crippen LogP contribution in [0.25, 0.3) is 0 Å². The van der Waals surface area contributed by atoms with E-state index in [1.165, 1.54) is 0 Å². The number of rotatable bonds is 6. The molecule has 1 rings (SSSR count). The lowest BCUT2D eigenvalue weighted by Crippen LogP contribution is -2.29. The van der Waals surface area contributed by atoms with E-state index in [-0.39, 0.29) is 0 Å². The maximum atomic E-state index is 10.6. The van der Waals surface area contributed by atoms with Crippen molar-refractivity contribution in [3.05, 3.63) is 28.2 Å². The number of carbonyl (C=O) groups is 1. The molecule has 0 spiro atoms. The number of halogens is 1. The van der Waals surface area contributed by atoms with Crippen molar-refractivity contribution in [1.82, 2.24) is 0 Å². The first kappa shape index (κ1) is 14.0. The lowest BCUT2D eigenvalue weighted by Gasteiger charge is -2.10. The quantitative estimate of drug-likeness (QED) is 0.845. The molecule has 0 saturated heterocycles. The van der Waals surface area contributed by atoms with Crippen LogP contribution in [0.3, 0.4) is 0 Å². The summed E-state index contributed by atoms with van der Waals surface area (Å²) >= 11 is 3.40. The molecule has 94 valence electrons. The highest BCUT2D eigenvalue weighted by atomic mass is 79.9. The van der Waals surface area contributed by atoms with E-state index in [2.05, 4.69) is 15.9 Å². The smallest absolute Gasteiger partial charge is 0.320 e. The van der Waals surface area contributed by atoms with Gasteiger partial charge in [0.1, 0.15) is 11.8 Å². The molecule has 1 aromatic rings. The molecule has 0 aliphatic carbocycles. The van der Waals surface area contributed by atoms with Crippen LogP contribution in [0.4, 0.5) is 0 Å². The highest BCUT2D eigenvalue weighted by molar-refractivity contribution is 9.10. The van der Waals surface area contributed by atoms with Crippen molar-refractivity contribution in [3.63, 3.8) is 0 Å². The number of nitrogens with two attached hydrogens (primary N) is 1. The van der Waals surface area contributed by atoms with Gasteiger partial charge in [0.2, 0.25) is 0 Å². The van der Waals surface area contributed by atoms with E-state index >= 15 is 0 Å². The van der Waals surface area contributed by atoms with Crippen molar-refractivity contribution in [1.29, 1.82) is 0 Å². The zero-order valence-electron chi connectivity index (χ0n) is 9.65.